The van der Waals surface area contributed by atoms with Gasteiger partial charge in [-0.2, -0.15) is 0 Å². The standard InChI is InChI=1S/C18H28N4O4S/c1-5-19-16(22-10-11-27(24,25)18(2,3)13-22)20-12-14-6-8-15(9-7-14)21-17(23)26-4/h6-9H,5,10-13H2,1-4H3,(H,19,20)(H,21,23). The molecule has 27 heavy (non-hydrogen) atoms. The van der Waals surface area contributed by atoms with Crippen LogP contribution in [0.5, 0.6) is 0 Å². The number of anilines is 1. The zero-order chi connectivity index (χ0) is 20.1. The highest BCUT2D eigenvalue weighted by Gasteiger charge is 2.40. The Bertz CT molecular complexity index is 788. The van der Waals surface area contributed by atoms with Crippen LogP contribution in [0, 0.1) is 0 Å². The van der Waals surface area contributed by atoms with Crippen molar-refractivity contribution in [3.8, 4) is 0 Å². The SMILES string of the molecule is CCNC(=NCc1ccc(NC(=O)OC)cc1)N1CCS(=O)(=O)C(C)(C)C1. The van der Waals surface area contributed by atoms with E-state index in [2.05, 4.69) is 20.4 Å². The van der Waals surface area contributed by atoms with Gasteiger partial charge in [0.05, 0.1) is 24.2 Å². The molecule has 0 bridgehead atoms. The molecule has 2 rings (SSSR count). The fourth-order valence-corrected chi connectivity index (χ4v) is 4.14. The quantitative estimate of drug-likeness (QED) is 0.595. The number of hydrogen-bond acceptors (Lipinski definition) is 5. The highest BCUT2D eigenvalue weighted by atomic mass is 32.2. The molecule has 1 amide bonds. The summed E-state index contributed by atoms with van der Waals surface area (Å²) in [6.07, 6.45) is -0.516. The minimum atomic E-state index is -3.10. The molecule has 1 aliphatic heterocycles. The first kappa shape index (κ1) is 21.0. The monoisotopic (exact) mass is 396 g/mol. The Labute approximate surface area is 160 Å². The van der Waals surface area contributed by atoms with E-state index < -0.39 is 20.7 Å². The lowest BCUT2D eigenvalue weighted by molar-refractivity contribution is 0.187. The number of benzene rings is 1. The molecule has 0 radical (unpaired) electrons. The second-order valence-electron chi connectivity index (χ2n) is 6.98. The summed E-state index contributed by atoms with van der Waals surface area (Å²) in [7, 11) is -1.78. The Hall–Kier alpha value is -2.29. The van der Waals surface area contributed by atoms with Gasteiger partial charge in [-0.25, -0.2) is 18.2 Å². The molecule has 1 aromatic carbocycles. The van der Waals surface area contributed by atoms with Gasteiger partial charge in [0.25, 0.3) is 0 Å². The predicted molar refractivity (Wildman–Crippen MR) is 107 cm³/mol. The van der Waals surface area contributed by atoms with Crippen molar-refractivity contribution in [3.63, 3.8) is 0 Å². The van der Waals surface area contributed by atoms with E-state index in [1.165, 1.54) is 7.11 Å². The topological polar surface area (TPSA) is 100 Å². The molecule has 0 saturated carbocycles. The van der Waals surface area contributed by atoms with Crippen molar-refractivity contribution in [1.29, 1.82) is 0 Å². The summed E-state index contributed by atoms with van der Waals surface area (Å²) in [6.45, 7) is 7.47. The number of amides is 1. The van der Waals surface area contributed by atoms with E-state index in [1.54, 1.807) is 26.0 Å². The van der Waals surface area contributed by atoms with Crippen LogP contribution >= 0.6 is 0 Å². The van der Waals surface area contributed by atoms with Gasteiger partial charge in [-0.1, -0.05) is 12.1 Å². The number of methoxy groups -OCH3 is 1. The number of aliphatic imine (C=N–C) groups is 1. The molecule has 150 valence electrons. The molecule has 1 fully saturated rings. The molecule has 8 nitrogen and oxygen atoms in total. The number of hydrogen-bond donors (Lipinski definition) is 2. The van der Waals surface area contributed by atoms with Gasteiger partial charge in [0, 0.05) is 25.3 Å². The van der Waals surface area contributed by atoms with Crippen LogP contribution in [0.25, 0.3) is 0 Å². The molecule has 1 aromatic rings. The minimum Gasteiger partial charge on any atom is -0.453 e. The fraction of sp³-hybridized carbons (Fsp3) is 0.556. The fourth-order valence-electron chi connectivity index (χ4n) is 2.78. The van der Waals surface area contributed by atoms with Gasteiger partial charge in [0.15, 0.2) is 15.8 Å². The van der Waals surface area contributed by atoms with E-state index in [-0.39, 0.29) is 5.75 Å². The summed E-state index contributed by atoms with van der Waals surface area (Å²) in [6, 6.07) is 7.32. The third kappa shape index (κ3) is 5.35. The van der Waals surface area contributed by atoms with E-state index in [0.29, 0.717) is 37.8 Å². The second-order valence-corrected chi connectivity index (χ2v) is 9.73. The predicted octanol–water partition coefficient (Wildman–Crippen LogP) is 1.84. The van der Waals surface area contributed by atoms with Crippen molar-refractivity contribution in [2.45, 2.75) is 32.1 Å². The van der Waals surface area contributed by atoms with Gasteiger partial charge in [0.2, 0.25) is 0 Å². The molecule has 9 heteroatoms. The molecule has 0 aliphatic carbocycles. The normalized spacial score (nSPS) is 18.7. The van der Waals surface area contributed by atoms with Gasteiger partial charge in [-0.3, -0.25) is 5.32 Å². The average molecular weight is 397 g/mol. The summed E-state index contributed by atoms with van der Waals surface area (Å²) < 4.78 is 28.2. The molecule has 2 N–H and O–H groups in total. The van der Waals surface area contributed by atoms with Gasteiger partial charge >= 0.3 is 6.09 Å². The first-order chi connectivity index (χ1) is 12.7. The van der Waals surface area contributed by atoms with Crippen molar-refractivity contribution in [2.75, 3.05) is 37.8 Å². The number of rotatable bonds is 4. The largest absolute Gasteiger partial charge is 0.453 e. The van der Waals surface area contributed by atoms with Gasteiger partial charge in [-0.05, 0) is 38.5 Å². The first-order valence-corrected chi connectivity index (χ1v) is 10.5. The number of nitrogens with zero attached hydrogens (tertiary/aromatic N) is 2. The van der Waals surface area contributed by atoms with Crippen molar-refractivity contribution in [2.24, 2.45) is 4.99 Å². The molecule has 1 aliphatic rings. The van der Waals surface area contributed by atoms with Crippen molar-refractivity contribution in [3.05, 3.63) is 29.8 Å². The molecule has 1 heterocycles. The Balaban J connectivity index is 2.08. The van der Waals surface area contributed by atoms with Crippen molar-refractivity contribution in [1.82, 2.24) is 10.2 Å². The molecule has 0 unspecified atom stereocenters. The van der Waals surface area contributed by atoms with Crippen LogP contribution in [0.1, 0.15) is 26.3 Å². The Morgan fingerprint density at radius 3 is 2.52 bits per heavy atom. The van der Waals surface area contributed by atoms with E-state index in [4.69, 9.17) is 0 Å². The van der Waals surface area contributed by atoms with E-state index in [0.717, 1.165) is 5.56 Å². The Morgan fingerprint density at radius 2 is 1.96 bits per heavy atom. The maximum absolute atomic E-state index is 12.2. The summed E-state index contributed by atoms with van der Waals surface area (Å²) in [5, 5.41) is 5.84. The summed E-state index contributed by atoms with van der Waals surface area (Å²) in [4.78, 5) is 17.9. The van der Waals surface area contributed by atoms with Gasteiger partial charge in [-0.15, -0.1) is 0 Å². The minimum absolute atomic E-state index is 0.123. The molecular formula is C18H28N4O4S. The lowest BCUT2D eigenvalue weighted by atomic mass is 10.2. The number of guanidine groups is 1. The van der Waals surface area contributed by atoms with Crippen LogP contribution in [0.4, 0.5) is 10.5 Å². The average Bonchev–Trinajstić information content (AvgIpc) is 2.62. The summed E-state index contributed by atoms with van der Waals surface area (Å²) in [5.41, 5.74) is 1.62. The van der Waals surface area contributed by atoms with Crippen LogP contribution in [-0.2, 0) is 21.1 Å². The lowest BCUT2D eigenvalue weighted by Crippen LogP contribution is -2.57. The van der Waals surface area contributed by atoms with Crippen LogP contribution in [-0.4, -0.2) is 62.6 Å². The smallest absolute Gasteiger partial charge is 0.411 e. The summed E-state index contributed by atoms with van der Waals surface area (Å²) in [5.74, 6) is 0.829. The number of sulfone groups is 1. The van der Waals surface area contributed by atoms with Gasteiger partial charge in [0.1, 0.15) is 0 Å². The maximum atomic E-state index is 12.2. The summed E-state index contributed by atoms with van der Waals surface area (Å²) >= 11 is 0. The third-order valence-electron chi connectivity index (χ3n) is 4.48. The van der Waals surface area contributed by atoms with Crippen LogP contribution in [0.15, 0.2) is 29.3 Å². The molecular weight excluding hydrogens is 368 g/mol. The molecule has 0 aromatic heterocycles. The number of carbonyl (C=O) groups excluding carboxylic acids is 1. The first-order valence-electron chi connectivity index (χ1n) is 8.88. The number of carbonyl (C=O) groups is 1. The molecule has 0 atom stereocenters. The van der Waals surface area contributed by atoms with Crippen LogP contribution in [0.3, 0.4) is 0 Å². The van der Waals surface area contributed by atoms with Crippen molar-refractivity contribution < 1.29 is 17.9 Å². The lowest BCUT2D eigenvalue weighted by Gasteiger charge is -2.39. The van der Waals surface area contributed by atoms with Gasteiger partial charge < -0.3 is 15.0 Å². The van der Waals surface area contributed by atoms with Crippen LogP contribution < -0.4 is 10.6 Å². The highest BCUT2D eigenvalue weighted by molar-refractivity contribution is 7.92. The van der Waals surface area contributed by atoms with Crippen molar-refractivity contribution >= 4 is 27.6 Å². The highest BCUT2D eigenvalue weighted by Crippen LogP contribution is 2.23. The van der Waals surface area contributed by atoms with E-state index in [1.807, 2.05) is 24.0 Å². The number of ether oxygens (including phenoxy) is 1. The molecule has 0 spiro atoms. The zero-order valence-electron chi connectivity index (χ0n) is 16.3. The molecule has 1 saturated heterocycles. The van der Waals surface area contributed by atoms with E-state index in [9.17, 15) is 13.2 Å². The van der Waals surface area contributed by atoms with Crippen LogP contribution in [0.2, 0.25) is 0 Å². The zero-order valence-corrected chi connectivity index (χ0v) is 17.1. The third-order valence-corrected chi connectivity index (χ3v) is 7.01. The van der Waals surface area contributed by atoms with E-state index >= 15 is 0 Å². The Morgan fingerprint density at radius 1 is 1.30 bits per heavy atom. The number of nitrogens with one attached hydrogen (secondary N) is 2. The maximum Gasteiger partial charge on any atom is 0.411 e. The second kappa shape index (κ2) is 8.60. The Kier molecular flexibility index (Phi) is 6.69.